The second-order valence-electron chi connectivity index (χ2n) is 11.6. The Morgan fingerprint density at radius 3 is 1.50 bits per heavy atom. The Balaban J connectivity index is 2.52. The maximum atomic E-state index is 11.4. The first-order valence-corrected chi connectivity index (χ1v) is 11.8. The highest BCUT2D eigenvalue weighted by molar-refractivity contribution is 5.65. The van der Waals surface area contributed by atoms with E-state index in [1.165, 1.54) is 5.56 Å². The molecule has 1 heterocycles. The second-order valence-corrected chi connectivity index (χ2v) is 11.6. The third-order valence-electron chi connectivity index (χ3n) is 6.55. The summed E-state index contributed by atoms with van der Waals surface area (Å²) in [5.41, 5.74) is 3.28. The molecule has 1 aliphatic heterocycles. The first-order chi connectivity index (χ1) is 13.7. The van der Waals surface area contributed by atoms with Crippen molar-refractivity contribution < 1.29 is 5.11 Å². The van der Waals surface area contributed by atoms with Gasteiger partial charge in [-0.1, -0.05) is 47.6 Å². The van der Waals surface area contributed by atoms with Gasteiger partial charge >= 0.3 is 0 Å². The maximum Gasteiger partial charge on any atom is 0.142 e. The van der Waals surface area contributed by atoms with Crippen molar-refractivity contribution in [1.82, 2.24) is 9.80 Å². The Kier molecular flexibility index (Phi) is 7.90. The van der Waals surface area contributed by atoms with Gasteiger partial charge in [0.25, 0.3) is 0 Å². The van der Waals surface area contributed by atoms with E-state index in [9.17, 15) is 5.11 Å². The molecule has 1 fully saturated rings. The summed E-state index contributed by atoms with van der Waals surface area (Å²) in [6, 6.07) is 5.51. The van der Waals surface area contributed by atoms with Gasteiger partial charge in [-0.15, -0.1) is 0 Å². The van der Waals surface area contributed by atoms with Crippen molar-refractivity contribution in [3.05, 3.63) is 23.3 Å². The molecule has 30 heavy (non-hydrogen) atoms. The number of phenols is 1. The molecule has 0 aliphatic carbocycles. The molecule has 4 heteroatoms. The monoisotopic (exact) mass is 417 g/mol. The van der Waals surface area contributed by atoms with Crippen LogP contribution in [0.4, 0.5) is 5.69 Å². The molecule has 1 aromatic rings. The average Bonchev–Trinajstić information content (AvgIpc) is 2.70. The van der Waals surface area contributed by atoms with Crippen molar-refractivity contribution in [1.29, 1.82) is 0 Å². The summed E-state index contributed by atoms with van der Waals surface area (Å²) < 4.78 is 0. The van der Waals surface area contributed by atoms with E-state index in [0.717, 1.165) is 50.5 Å². The van der Waals surface area contributed by atoms with E-state index in [0.29, 0.717) is 17.8 Å². The molecule has 1 saturated heterocycles. The molecule has 0 bridgehead atoms. The number of anilines is 1. The fraction of sp³-hybridized carbons (Fsp3) is 0.769. The maximum absolute atomic E-state index is 11.4. The van der Waals surface area contributed by atoms with Gasteiger partial charge in [-0.2, -0.15) is 0 Å². The van der Waals surface area contributed by atoms with Crippen LogP contribution < -0.4 is 4.90 Å². The van der Waals surface area contributed by atoms with Crippen molar-refractivity contribution in [2.24, 2.45) is 0 Å². The highest BCUT2D eigenvalue weighted by Gasteiger charge is 2.28. The third-order valence-corrected chi connectivity index (χ3v) is 6.55. The minimum Gasteiger partial charge on any atom is -0.505 e. The molecule has 0 spiro atoms. The lowest BCUT2D eigenvalue weighted by molar-refractivity contribution is 0.169. The van der Waals surface area contributed by atoms with Crippen molar-refractivity contribution in [3.8, 4) is 5.75 Å². The van der Waals surface area contributed by atoms with Crippen molar-refractivity contribution in [2.45, 2.75) is 92.2 Å². The van der Waals surface area contributed by atoms with Crippen molar-refractivity contribution in [3.63, 3.8) is 0 Å². The van der Waals surface area contributed by atoms with Crippen LogP contribution in [-0.2, 0) is 10.8 Å². The fourth-order valence-corrected chi connectivity index (χ4v) is 4.23. The Morgan fingerprint density at radius 1 is 0.700 bits per heavy atom. The third kappa shape index (κ3) is 6.13. The Hall–Kier alpha value is -1.26. The zero-order valence-corrected chi connectivity index (χ0v) is 21.3. The van der Waals surface area contributed by atoms with Gasteiger partial charge in [-0.05, 0) is 50.2 Å². The van der Waals surface area contributed by atoms with Crippen LogP contribution in [0.2, 0.25) is 0 Å². The van der Waals surface area contributed by atoms with Crippen LogP contribution in [0.15, 0.2) is 12.1 Å². The molecule has 1 N–H and O–H groups in total. The van der Waals surface area contributed by atoms with Gasteiger partial charge in [-0.25, -0.2) is 0 Å². The molecule has 2 rings (SSSR count). The van der Waals surface area contributed by atoms with E-state index < -0.39 is 0 Å². The molecule has 0 aromatic heterocycles. The number of rotatable bonds is 3. The number of aromatic hydroxyl groups is 1. The summed E-state index contributed by atoms with van der Waals surface area (Å²) in [6.45, 7) is 28.6. The van der Waals surface area contributed by atoms with E-state index >= 15 is 0 Å². The van der Waals surface area contributed by atoms with E-state index in [1.807, 2.05) is 0 Å². The van der Waals surface area contributed by atoms with Crippen LogP contribution in [0.25, 0.3) is 0 Å². The number of hydrogen-bond donors (Lipinski definition) is 1. The summed E-state index contributed by atoms with van der Waals surface area (Å²) >= 11 is 0. The van der Waals surface area contributed by atoms with Crippen LogP contribution >= 0.6 is 0 Å². The van der Waals surface area contributed by atoms with Gasteiger partial charge in [0, 0.05) is 56.9 Å². The first kappa shape index (κ1) is 25.0. The SMILES string of the molecule is CC(C)N1CCN(c2cc(C(C)(C)C)cc(C(C)(C)C)c2O)CCN(C(C)C)CC1. The summed E-state index contributed by atoms with van der Waals surface area (Å²) in [4.78, 5) is 7.57. The van der Waals surface area contributed by atoms with Crippen LogP contribution in [0, 0.1) is 0 Å². The zero-order chi connectivity index (χ0) is 22.9. The van der Waals surface area contributed by atoms with Gasteiger partial charge in [0.05, 0.1) is 5.69 Å². The zero-order valence-electron chi connectivity index (χ0n) is 21.3. The van der Waals surface area contributed by atoms with E-state index in [4.69, 9.17) is 0 Å². The molecule has 1 aliphatic rings. The Labute approximate surface area is 186 Å². The number of hydrogen-bond acceptors (Lipinski definition) is 4. The van der Waals surface area contributed by atoms with Gasteiger partial charge in [0.2, 0.25) is 0 Å². The molecule has 1 aromatic carbocycles. The highest BCUT2D eigenvalue weighted by atomic mass is 16.3. The summed E-state index contributed by atoms with van der Waals surface area (Å²) in [7, 11) is 0. The molecule has 172 valence electrons. The first-order valence-electron chi connectivity index (χ1n) is 11.8. The van der Waals surface area contributed by atoms with Crippen molar-refractivity contribution in [2.75, 3.05) is 44.2 Å². The van der Waals surface area contributed by atoms with Gasteiger partial charge < -0.3 is 10.0 Å². The standard InChI is InChI=1S/C26H47N3O/c1-19(2)27-11-12-28(20(3)4)14-16-29(15-13-27)23-18-21(25(5,6)7)17-22(24(23)30)26(8,9)10/h17-20,30H,11-16H2,1-10H3. The lowest BCUT2D eigenvalue weighted by atomic mass is 9.79. The molecule has 0 amide bonds. The lowest BCUT2D eigenvalue weighted by Gasteiger charge is -2.34. The van der Waals surface area contributed by atoms with Crippen molar-refractivity contribution >= 4 is 5.69 Å². The van der Waals surface area contributed by atoms with Crippen LogP contribution in [0.5, 0.6) is 5.75 Å². The Bertz CT molecular complexity index is 677. The normalized spacial score (nSPS) is 18.6. The molecular formula is C26H47N3O. The Morgan fingerprint density at radius 2 is 1.13 bits per heavy atom. The van der Waals surface area contributed by atoms with Crippen LogP contribution in [-0.4, -0.2) is 66.3 Å². The topological polar surface area (TPSA) is 30.0 Å². The van der Waals surface area contributed by atoms with Gasteiger partial charge in [0.1, 0.15) is 5.75 Å². The number of benzene rings is 1. The largest absolute Gasteiger partial charge is 0.505 e. The van der Waals surface area contributed by atoms with Crippen LogP contribution in [0.3, 0.4) is 0 Å². The highest BCUT2D eigenvalue weighted by Crippen LogP contribution is 2.42. The molecule has 0 unspecified atom stereocenters. The quantitative estimate of drug-likeness (QED) is 0.729. The lowest BCUT2D eigenvalue weighted by Crippen LogP contribution is -2.41. The molecule has 0 saturated carbocycles. The number of nitrogens with zero attached hydrogens (tertiary/aromatic N) is 3. The van der Waals surface area contributed by atoms with Gasteiger partial charge in [0.15, 0.2) is 0 Å². The molecule has 4 nitrogen and oxygen atoms in total. The van der Waals surface area contributed by atoms with Crippen LogP contribution in [0.1, 0.15) is 80.4 Å². The van der Waals surface area contributed by atoms with E-state index in [2.05, 4.69) is 96.1 Å². The smallest absolute Gasteiger partial charge is 0.142 e. The summed E-state index contributed by atoms with van der Waals surface area (Å²) in [6.07, 6.45) is 0. The molecule has 0 atom stereocenters. The average molecular weight is 418 g/mol. The summed E-state index contributed by atoms with van der Waals surface area (Å²) in [5, 5.41) is 11.4. The second kappa shape index (κ2) is 9.48. The predicted octanol–water partition coefficient (Wildman–Crippen LogP) is 5.23. The van der Waals surface area contributed by atoms with Gasteiger partial charge in [-0.3, -0.25) is 9.80 Å². The fourth-order valence-electron chi connectivity index (χ4n) is 4.23. The molecule has 0 radical (unpaired) electrons. The molecular weight excluding hydrogens is 370 g/mol. The minimum absolute atomic E-state index is 0.0377. The summed E-state index contributed by atoms with van der Waals surface area (Å²) in [5.74, 6) is 0.460. The number of phenolic OH excluding ortho intramolecular Hbond substituents is 1. The van der Waals surface area contributed by atoms with E-state index in [1.54, 1.807) is 0 Å². The predicted molar refractivity (Wildman–Crippen MR) is 131 cm³/mol. The minimum atomic E-state index is -0.104. The van der Waals surface area contributed by atoms with E-state index in [-0.39, 0.29) is 10.8 Å².